The van der Waals surface area contributed by atoms with Gasteiger partial charge in [-0.25, -0.2) is 4.79 Å². The van der Waals surface area contributed by atoms with Crippen molar-refractivity contribution in [3.05, 3.63) is 57.6 Å². The zero-order chi connectivity index (χ0) is 14.1. The number of benzene rings is 2. The Morgan fingerprint density at radius 3 is 2.65 bits per heavy atom. The molecule has 0 aromatic heterocycles. The van der Waals surface area contributed by atoms with Gasteiger partial charge in [0.2, 0.25) is 0 Å². The summed E-state index contributed by atoms with van der Waals surface area (Å²) in [5.74, 6) is -0.903. The minimum atomic E-state index is -0.903. The lowest BCUT2D eigenvalue weighted by Crippen LogP contribution is -1.95. The van der Waals surface area contributed by atoms with Crippen molar-refractivity contribution in [2.45, 2.75) is 29.1 Å². The van der Waals surface area contributed by atoms with Crippen LogP contribution in [0.15, 0.2) is 50.7 Å². The Kier molecular flexibility index (Phi) is 3.85. The number of rotatable bonds is 3. The van der Waals surface area contributed by atoms with Gasteiger partial charge in [-0.15, -0.1) is 0 Å². The van der Waals surface area contributed by atoms with Crippen LogP contribution in [0, 0.1) is 0 Å². The van der Waals surface area contributed by atoms with Gasteiger partial charge in [-0.05, 0) is 76.7 Å². The van der Waals surface area contributed by atoms with Crippen LogP contribution in [0.25, 0.3) is 0 Å². The van der Waals surface area contributed by atoms with Crippen LogP contribution < -0.4 is 0 Å². The van der Waals surface area contributed by atoms with E-state index in [-0.39, 0.29) is 0 Å². The van der Waals surface area contributed by atoms with Crippen LogP contribution in [0.2, 0.25) is 0 Å². The minimum absolute atomic E-state index is 0.301. The van der Waals surface area contributed by atoms with Crippen LogP contribution in [0.4, 0.5) is 0 Å². The Hall–Kier alpha value is -1.26. The predicted octanol–water partition coefficient (Wildman–Crippen LogP) is 4.79. The molecule has 0 amide bonds. The summed E-state index contributed by atoms with van der Waals surface area (Å²) in [6.45, 7) is 0. The van der Waals surface area contributed by atoms with Crippen molar-refractivity contribution >= 4 is 33.7 Å². The Bertz CT molecular complexity index is 682. The van der Waals surface area contributed by atoms with E-state index in [1.165, 1.54) is 35.3 Å². The lowest BCUT2D eigenvalue weighted by atomic mass is 10.1. The molecule has 0 fully saturated rings. The Labute approximate surface area is 130 Å². The molecule has 4 heteroatoms. The summed E-state index contributed by atoms with van der Waals surface area (Å²) in [7, 11) is 0. The number of carboxylic acid groups (broad SMARTS) is 1. The van der Waals surface area contributed by atoms with Crippen molar-refractivity contribution in [3.8, 4) is 0 Å². The predicted molar refractivity (Wildman–Crippen MR) is 83.7 cm³/mol. The summed E-state index contributed by atoms with van der Waals surface area (Å²) < 4.78 is 0.822. The number of halogens is 1. The number of hydrogen-bond donors (Lipinski definition) is 1. The molecule has 0 heterocycles. The lowest BCUT2D eigenvalue weighted by molar-refractivity contribution is 0.0696. The molecule has 0 unspecified atom stereocenters. The van der Waals surface area contributed by atoms with Gasteiger partial charge in [0, 0.05) is 14.3 Å². The van der Waals surface area contributed by atoms with E-state index in [2.05, 4.69) is 34.1 Å². The summed E-state index contributed by atoms with van der Waals surface area (Å²) >= 11 is 5.11. The summed E-state index contributed by atoms with van der Waals surface area (Å²) in [5.41, 5.74) is 3.22. The van der Waals surface area contributed by atoms with Gasteiger partial charge < -0.3 is 5.11 Å². The van der Waals surface area contributed by atoms with Crippen LogP contribution in [-0.4, -0.2) is 11.1 Å². The molecule has 0 atom stereocenters. The Morgan fingerprint density at radius 2 is 1.90 bits per heavy atom. The van der Waals surface area contributed by atoms with E-state index in [1.54, 1.807) is 23.9 Å². The van der Waals surface area contributed by atoms with Crippen molar-refractivity contribution in [2.24, 2.45) is 0 Å². The highest BCUT2D eigenvalue weighted by Crippen LogP contribution is 2.36. The molecule has 0 radical (unpaired) electrons. The summed E-state index contributed by atoms with van der Waals surface area (Å²) in [5, 5.41) is 8.97. The van der Waals surface area contributed by atoms with E-state index >= 15 is 0 Å². The molecule has 0 saturated heterocycles. The second-order valence-corrected chi connectivity index (χ2v) is 6.81. The molecule has 2 aromatic rings. The molecule has 2 aromatic carbocycles. The molecule has 3 rings (SSSR count). The van der Waals surface area contributed by atoms with E-state index in [1.807, 2.05) is 6.07 Å². The van der Waals surface area contributed by atoms with Gasteiger partial charge in [0.15, 0.2) is 0 Å². The molecule has 102 valence electrons. The van der Waals surface area contributed by atoms with E-state index in [9.17, 15) is 4.79 Å². The molecule has 0 spiro atoms. The first-order chi connectivity index (χ1) is 9.63. The lowest BCUT2D eigenvalue weighted by Gasteiger charge is -2.07. The number of carboxylic acids is 1. The molecule has 1 aliphatic rings. The monoisotopic (exact) mass is 348 g/mol. The van der Waals surface area contributed by atoms with E-state index < -0.39 is 5.97 Å². The highest BCUT2D eigenvalue weighted by atomic mass is 79.9. The minimum Gasteiger partial charge on any atom is -0.478 e. The second-order valence-electron chi connectivity index (χ2n) is 4.84. The quantitative estimate of drug-likeness (QED) is 0.866. The Balaban J connectivity index is 1.86. The first kappa shape index (κ1) is 13.7. The topological polar surface area (TPSA) is 37.3 Å². The van der Waals surface area contributed by atoms with Gasteiger partial charge in [0.25, 0.3) is 0 Å². The maximum atomic E-state index is 10.9. The third kappa shape index (κ3) is 2.76. The van der Waals surface area contributed by atoms with Crippen LogP contribution in [0.5, 0.6) is 0 Å². The first-order valence-corrected chi connectivity index (χ1v) is 8.07. The third-order valence-corrected chi connectivity index (χ3v) is 5.46. The highest BCUT2D eigenvalue weighted by Gasteiger charge is 2.12. The van der Waals surface area contributed by atoms with Crippen LogP contribution >= 0.6 is 27.7 Å². The molecule has 1 N–H and O–H groups in total. The van der Waals surface area contributed by atoms with Crippen molar-refractivity contribution in [2.75, 3.05) is 0 Å². The highest BCUT2D eigenvalue weighted by molar-refractivity contribution is 9.10. The standard InChI is InChI=1S/C16H13BrO2S/c17-14-9-12(16(18)19)5-7-15(14)20-13-6-4-10-2-1-3-11(10)8-13/h4-9H,1-3H2,(H,18,19). The number of hydrogen-bond acceptors (Lipinski definition) is 2. The van der Waals surface area contributed by atoms with Crippen molar-refractivity contribution < 1.29 is 9.90 Å². The fraction of sp³-hybridized carbons (Fsp3) is 0.188. The largest absolute Gasteiger partial charge is 0.478 e. The fourth-order valence-corrected chi connectivity index (χ4v) is 3.96. The van der Waals surface area contributed by atoms with E-state index in [0.717, 1.165) is 9.37 Å². The molecular weight excluding hydrogens is 336 g/mol. The molecule has 2 nitrogen and oxygen atoms in total. The van der Waals surface area contributed by atoms with Gasteiger partial charge in [-0.2, -0.15) is 0 Å². The smallest absolute Gasteiger partial charge is 0.335 e. The van der Waals surface area contributed by atoms with E-state index in [0.29, 0.717) is 5.56 Å². The van der Waals surface area contributed by atoms with E-state index in [4.69, 9.17) is 5.11 Å². The second kappa shape index (κ2) is 5.62. The molecular formula is C16H13BrO2S. The van der Waals surface area contributed by atoms with Gasteiger partial charge in [-0.3, -0.25) is 0 Å². The maximum absolute atomic E-state index is 10.9. The molecule has 0 aliphatic heterocycles. The molecule has 1 aliphatic carbocycles. The molecule has 0 saturated carbocycles. The number of carbonyl (C=O) groups is 1. The first-order valence-electron chi connectivity index (χ1n) is 6.46. The van der Waals surface area contributed by atoms with Crippen LogP contribution in [0.3, 0.4) is 0 Å². The average molecular weight is 349 g/mol. The van der Waals surface area contributed by atoms with Gasteiger partial charge in [0.1, 0.15) is 0 Å². The van der Waals surface area contributed by atoms with Gasteiger partial charge in [-0.1, -0.05) is 17.8 Å². The molecule has 20 heavy (non-hydrogen) atoms. The van der Waals surface area contributed by atoms with Gasteiger partial charge >= 0.3 is 5.97 Å². The van der Waals surface area contributed by atoms with Crippen molar-refractivity contribution in [1.29, 1.82) is 0 Å². The number of aryl methyl sites for hydroxylation is 2. The van der Waals surface area contributed by atoms with Gasteiger partial charge in [0.05, 0.1) is 5.56 Å². The zero-order valence-corrected chi connectivity index (χ0v) is 13.1. The maximum Gasteiger partial charge on any atom is 0.335 e. The van der Waals surface area contributed by atoms with Crippen LogP contribution in [0.1, 0.15) is 27.9 Å². The zero-order valence-electron chi connectivity index (χ0n) is 10.7. The third-order valence-electron chi connectivity index (χ3n) is 3.48. The Morgan fingerprint density at radius 1 is 1.10 bits per heavy atom. The average Bonchev–Trinajstić information content (AvgIpc) is 2.88. The number of fused-ring (bicyclic) bond motifs is 1. The summed E-state index contributed by atoms with van der Waals surface area (Å²) in [6, 6.07) is 11.8. The van der Waals surface area contributed by atoms with Crippen molar-refractivity contribution in [3.63, 3.8) is 0 Å². The SMILES string of the molecule is O=C(O)c1ccc(Sc2ccc3c(c2)CCC3)c(Br)c1. The molecule has 0 bridgehead atoms. The normalized spacial score (nSPS) is 13.2. The fourth-order valence-electron chi connectivity index (χ4n) is 2.46. The summed E-state index contributed by atoms with van der Waals surface area (Å²) in [4.78, 5) is 13.2. The number of aromatic carboxylic acids is 1. The van der Waals surface area contributed by atoms with Crippen molar-refractivity contribution in [1.82, 2.24) is 0 Å². The van der Waals surface area contributed by atoms with Crippen LogP contribution in [-0.2, 0) is 12.8 Å². The summed E-state index contributed by atoms with van der Waals surface area (Å²) in [6.07, 6.45) is 3.61.